The van der Waals surface area contributed by atoms with Gasteiger partial charge in [-0.3, -0.25) is 4.79 Å². The number of hydrogen-bond donors (Lipinski definition) is 2. The zero-order chi connectivity index (χ0) is 21.1. The number of carbonyl (C=O) groups is 1. The topological polar surface area (TPSA) is 71.8 Å². The molecule has 0 radical (unpaired) electrons. The Kier molecular flexibility index (Phi) is 6.97. The van der Waals surface area contributed by atoms with Gasteiger partial charge in [0.25, 0.3) is 5.91 Å². The first-order valence-corrected chi connectivity index (χ1v) is 9.62. The Morgan fingerprint density at radius 1 is 1.10 bits per heavy atom. The van der Waals surface area contributed by atoms with Crippen molar-refractivity contribution in [1.29, 1.82) is 0 Å². The molecule has 0 unspecified atom stereocenters. The molecule has 6 nitrogen and oxygen atoms in total. The largest absolute Gasteiger partial charge is 0.435 e. The molecule has 1 saturated heterocycles. The van der Waals surface area contributed by atoms with E-state index in [1.54, 1.807) is 24.3 Å². The van der Waals surface area contributed by atoms with E-state index in [9.17, 15) is 18.0 Å². The molecule has 1 aromatic carbocycles. The molecule has 0 aliphatic carbocycles. The quantitative estimate of drug-likeness (QED) is 0.615. The highest BCUT2D eigenvalue weighted by atomic mass is 35.5. The van der Waals surface area contributed by atoms with E-state index < -0.39 is 23.3 Å². The minimum Gasteiger partial charge on any atom is -0.322 e. The fourth-order valence-corrected chi connectivity index (χ4v) is 3.55. The molecule has 0 atom stereocenters. The zero-order valence-electron chi connectivity index (χ0n) is 16.4. The first-order chi connectivity index (χ1) is 14.4. The standard InChI is InChI=1S/C21H20F3N5O.ClH/c22-21(23,24)19-17(13-29(28-19)18-3-1-2-10-26-18)20(30)27-16-6-4-14(5-7-16)15-8-11-25-12-9-15;/h1-7,10,13,15,25H,8-9,11-12H2,(H,27,30);1H. The van der Waals surface area contributed by atoms with Gasteiger partial charge in [-0.15, -0.1) is 12.4 Å². The van der Waals surface area contributed by atoms with Crippen LogP contribution < -0.4 is 10.6 Å². The van der Waals surface area contributed by atoms with E-state index in [0.29, 0.717) is 11.6 Å². The maximum absolute atomic E-state index is 13.5. The number of anilines is 1. The van der Waals surface area contributed by atoms with Gasteiger partial charge in [0.1, 0.15) is 0 Å². The average molecular weight is 452 g/mol. The summed E-state index contributed by atoms with van der Waals surface area (Å²) in [6, 6.07) is 12.0. The molecular weight excluding hydrogens is 431 g/mol. The number of nitrogens with one attached hydrogen (secondary N) is 2. The van der Waals surface area contributed by atoms with E-state index in [-0.39, 0.29) is 18.2 Å². The number of nitrogens with zero attached hydrogens (tertiary/aromatic N) is 3. The molecule has 0 saturated carbocycles. The van der Waals surface area contributed by atoms with Crippen LogP contribution in [0.15, 0.2) is 54.9 Å². The molecule has 3 aromatic rings. The molecule has 1 aliphatic rings. The molecule has 164 valence electrons. The van der Waals surface area contributed by atoms with Gasteiger partial charge in [0.15, 0.2) is 11.5 Å². The predicted molar refractivity (Wildman–Crippen MR) is 113 cm³/mol. The number of halogens is 4. The molecule has 2 N–H and O–H groups in total. The summed E-state index contributed by atoms with van der Waals surface area (Å²) in [6.07, 6.45) is -0.218. The number of piperidine rings is 1. The highest BCUT2D eigenvalue weighted by Gasteiger charge is 2.39. The fraction of sp³-hybridized carbons (Fsp3) is 0.286. The van der Waals surface area contributed by atoms with Gasteiger partial charge in [-0.25, -0.2) is 9.67 Å². The minimum atomic E-state index is -4.77. The van der Waals surface area contributed by atoms with Gasteiger partial charge >= 0.3 is 6.18 Å². The lowest BCUT2D eigenvalue weighted by Gasteiger charge is -2.23. The SMILES string of the molecule is Cl.O=C(Nc1ccc(C2CCNCC2)cc1)c1cn(-c2ccccn2)nc1C(F)(F)F. The number of rotatable bonds is 4. The smallest absolute Gasteiger partial charge is 0.322 e. The third kappa shape index (κ3) is 5.23. The Balaban J connectivity index is 0.00000272. The fourth-order valence-electron chi connectivity index (χ4n) is 3.55. The van der Waals surface area contributed by atoms with E-state index in [0.717, 1.165) is 42.4 Å². The van der Waals surface area contributed by atoms with Gasteiger partial charge in [-0.1, -0.05) is 18.2 Å². The van der Waals surface area contributed by atoms with Crippen LogP contribution in [0.5, 0.6) is 0 Å². The lowest BCUT2D eigenvalue weighted by Crippen LogP contribution is -2.26. The van der Waals surface area contributed by atoms with Gasteiger partial charge in [-0.05, 0) is 61.7 Å². The first kappa shape index (κ1) is 22.8. The van der Waals surface area contributed by atoms with Gasteiger partial charge in [0, 0.05) is 18.1 Å². The van der Waals surface area contributed by atoms with Crippen molar-refractivity contribution in [3.63, 3.8) is 0 Å². The number of carbonyl (C=O) groups excluding carboxylic acids is 1. The summed E-state index contributed by atoms with van der Waals surface area (Å²) < 4.78 is 41.3. The number of hydrogen-bond acceptors (Lipinski definition) is 4. The van der Waals surface area contributed by atoms with E-state index in [1.807, 2.05) is 12.1 Å². The van der Waals surface area contributed by atoms with E-state index in [1.165, 1.54) is 12.3 Å². The van der Waals surface area contributed by atoms with Crippen molar-refractivity contribution in [3.05, 3.63) is 71.7 Å². The molecular formula is C21H21ClF3N5O. The highest BCUT2D eigenvalue weighted by Crippen LogP contribution is 2.32. The molecule has 1 fully saturated rings. The number of benzene rings is 1. The van der Waals surface area contributed by atoms with E-state index in [4.69, 9.17) is 0 Å². The number of alkyl halides is 3. The van der Waals surface area contributed by atoms with Crippen molar-refractivity contribution in [2.24, 2.45) is 0 Å². The summed E-state index contributed by atoms with van der Waals surface area (Å²) in [5.74, 6) is -0.239. The molecule has 31 heavy (non-hydrogen) atoms. The summed E-state index contributed by atoms with van der Waals surface area (Å²) in [6.45, 7) is 1.92. The summed E-state index contributed by atoms with van der Waals surface area (Å²) in [4.78, 5) is 16.6. The Morgan fingerprint density at radius 2 is 1.81 bits per heavy atom. The average Bonchev–Trinajstić information content (AvgIpc) is 3.22. The van der Waals surface area contributed by atoms with Crippen LogP contribution in [0.1, 0.15) is 40.4 Å². The molecule has 1 amide bonds. The summed E-state index contributed by atoms with van der Waals surface area (Å²) >= 11 is 0. The lowest BCUT2D eigenvalue weighted by atomic mass is 9.90. The maximum Gasteiger partial charge on any atom is 0.435 e. The zero-order valence-corrected chi connectivity index (χ0v) is 17.2. The Hall–Kier alpha value is -2.91. The highest BCUT2D eigenvalue weighted by molar-refractivity contribution is 6.05. The number of pyridine rings is 1. The third-order valence-electron chi connectivity index (χ3n) is 5.09. The van der Waals surface area contributed by atoms with Crippen LogP contribution in [0.2, 0.25) is 0 Å². The second kappa shape index (κ2) is 9.49. The molecule has 1 aliphatic heterocycles. The minimum absolute atomic E-state index is 0. The van der Waals surface area contributed by atoms with Crippen LogP contribution >= 0.6 is 12.4 Å². The van der Waals surface area contributed by atoms with Crippen molar-refractivity contribution in [1.82, 2.24) is 20.1 Å². The van der Waals surface area contributed by atoms with Gasteiger partial charge < -0.3 is 10.6 Å². The Bertz CT molecular complexity index is 1020. The monoisotopic (exact) mass is 451 g/mol. The summed E-state index contributed by atoms with van der Waals surface area (Å²) in [7, 11) is 0. The van der Waals surface area contributed by atoms with Crippen molar-refractivity contribution >= 4 is 24.0 Å². The molecule has 3 heterocycles. The van der Waals surface area contributed by atoms with Gasteiger partial charge in [-0.2, -0.15) is 18.3 Å². The normalized spacial score (nSPS) is 14.7. The molecule has 0 spiro atoms. The first-order valence-electron chi connectivity index (χ1n) is 9.62. The van der Waals surface area contributed by atoms with Crippen LogP contribution in [-0.2, 0) is 6.18 Å². The van der Waals surface area contributed by atoms with Gasteiger partial charge in [0.2, 0.25) is 0 Å². The van der Waals surface area contributed by atoms with Crippen LogP contribution in [0.3, 0.4) is 0 Å². The molecule has 4 rings (SSSR count). The molecule has 0 bridgehead atoms. The van der Waals surface area contributed by atoms with E-state index in [2.05, 4.69) is 20.7 Å². The molecule has 10 heteroatoms. The number of amides is 1. The van der Waals surface area contributed by atoms with Crippen molar-refractivity contribution in [2.75, 3.05) is 18.4 Å². The summed E-state index contributed by atoms with van der Waals surface area (Å²) in [5.41, 5.74) is -0.225. The van der Waals surface area contributed by atoms with Crippen molar-refractivity contribution < 1.29 is 18.0 Å². The summed E-state index contributed by atoms with van der Waals surface area (Å²) in [5, 5.41) is 9.40. The Labute approximate surface area is 183 Å². The second-order valence-corrected chi connectivity index (χ2v) is 7.12. The van der Waals surface area contributed by atoms with Crippen molar-refractivity contribution in [3.8, 4) is 5.82 Å². The maximum atomic E-state index is 13.5. The predicted octanol–water partition coefficient (Wildman–Crippen LogP) is 4.43. The van der Waals surface area contributed by atoms with Crippen LogP contribution in [0.4, 0.5) is 18.9 Å². The third-order valence-corrected chi connectivity index (χ3v) is 5.09. The van der Waals surface area contributed by atoms with Gasteiger partial charge in [0.05, 0.1) is 5.56 Å². The second-order valence-electron chi connectivity index (χ2n) is 7.12. The van der Waals surface area contributed by atoms with Crippen molar-refractivity contribution in [2.45, 2.75) is 24.9 Å². The van der Waals surface area contributed by atoms with Crippen LogP contribution in [0, 0.1) is 0 Å². The Morgan fingerprint density at radius 3 is 2.42 bits per heavy atom. The van der Waals surface area contributed by atoms with Crippen LogP contribution in [0.25, 0.3) is 5.82 Å². The van der Waals surface area contributed by atoms with Crippen LogP contribution in [-0.4, -0.2) is 33.8 Å². The number of aromatic nitrogens is 3. The van der Waals surface area contributed by atoms with E-state index >= 15 is 0 Å². The lowest BCUT2D eigenvalue weighted by molar-refractivity contribution is -0.141. The molecule has 2 aromatic heterocycles.